The lowest BCUT2D eigenvalue weighted by Gasteiger charge is -2.16. The molecule has 6 rings (SSSR count). The molecule has 4 atom stereocenters. The number of pyridine rings is 1. The number of hydrogen-bond donors (Lipinski definition) is 3. The van der Waals surface area contributed by atoms with Gasteiger partial charge in [-0.1, -0.05) is 18.2 Å². The highest BCUT2D eigenvalue weighted by molar-refractivity contribution is 5.83. The van der Waals surface area contributed by atoms with Crippen LogP contribution in [0.4, 0.5) is 10.1 Å². The number of anilines is 1. The quantitative estimate of drug-likeness (QED) is 0.377. The van der Waals surface area contributed by atoms with Gasteiger partial charge in [-0.3, -0.25) is 0 Å². The highest BCUT2D eigenvalue weighted by atomic mass is 19.1. The van der Waals surface area contributed by atoms with E-state index in [0.29, 0.717) is 40.5 Å². The molecule has 2 saturated heterocycles. The zero-order valence-corrected chi connectivity index (χ0v) is 18.9. The van der Waals surface area contributed by atoms with E-state index in [1.54, 1.807) is 19.2 Å². The van der Waals surface area contributed by atoms with Crippen LogP contribution in [-0.4, -0.2) is 59.8 Å². The number of nitrogen functional groups attached to an aromatic ring is 1. The maximum absolute atomic E-state index is 15.2. The molecule has 8 nitrogen and oxygen atoms in total. The Morgan fingerprint density at radius 2 is 1.80 bits per heavy atom. The first-order valence-electron chi connectivity index (χ1n) is 11.3. The summed E-state index contributed by atoms with van der Waals surface area (Å²) in [7, 11) is 1.54. The number of aliphatic hydroxyl groups excluding tert-OH is 1. The predicted molar refractivity (Wildman–Crippen MR) is 128 cm³/mol. The van der Waals surface area contributed by atoms with Gasteiger partial charge in [-0.2, -0.15) is 0 Å². The van der Waals surface area contributed by atoms with Gasteiger partial charge in [-0.25, -0.2) is 9.37 Å². The molecule has 2 unspecified atom stereocenters. The predicted octanol–water partition coefficient (Wildman–Crippen LogP) is 3.53. The number of nitrogens with zero attached hydrogens (tertiary/aromatic N) is 1. The minimum Gasteiger partial charge on any atom is -0.496 e. The maximum atomic E-state index is 15.2. The monoisotopic (exact) mass is 477 g/mol. The van der Waals surface area contributed by atoms with Crippen LogP contribution < -0.4 is 15.2 Å². The normalized spacial score (nSPS) is 23.5. The third kappa shape index (κ3) is 3.87. The summed E-state index contributed by atoms with van der Waals surface area (Å²) in [5.41, 5.74) is 10.1. The van der Waals surface area contributed by atoms with E-state index in [0.717, 1.165) is 11.1 Å². The summed E-state index contributed by atoms with van der Waals surface area (Å²) in [6.07, 6.45) is -1.78. The summed E-state index contributed by atoms with van der Waals surface area (Å²) >= 11 is 0. The lowest BCUT2D eigenvalue weighted by atomic mass is 10.0. The van der Waals surface area contributed by atoms with Crippen LogP contribution in [0.15, 0.2) is 54.6 Å². The molecule has 9 heteroatoms. The van der Waals surface area contributed by atoms with E-state index in [2.05, 4.69) is 9.97 Å². The van der Waals surface area contributed by atoms with Crippen molar-refractivity contribution in [2.45, 2.75) is 24.4 Å². The fourth-order valence-corrected chi connectivity index (χ4v) is 4.71. The molecule has 4 heterocycles. The topological polar surface area (TPSA) is 112 Å². The minimum absolute atomic E-state index is 0.176. The zero-order valence-electron chi connectivity index (χ0n) is 18.9. The van der Waals surface area contributed by atoms with Gasteiger partial charge in [0.15, 0.2) is 17.8 Å². The van der Waals surface area contributed by atoms with Crippen molar-refractivity contribution in [3.8, 4) is 34.0 Å². The van der Waals surface area contributed by atoms with Crippen LogP contribution in [0.5, 0.6) is 11.6 Å². The molecule has 2 fully saturated rings. The van der Waals surface area contributed by atoms with Crippen LogP contribution in [0.25, 0.3) is 33.4 Å². The molecule has 2 aliphatic heterocycles. The zero-order chi connectivity index (χ0) is 24.1. The van der Waals surface area contributed by atoms with Crippen molar-refractivity contribution in [1.82, 2.24) is 9.97 Å². The maximum Gasteiger partial charge on any atom is 0.193 e. The summed E-state index contributed by atoms with van der Waals surface area (Å²) in [4.78, 5) is 7.61. The molecule has 0 saturated carbocycles. The first-order chi connectivity index (χ1) is 17.0. The molecule has 35 heavy (non-hydrogen) atoms. The summed E-state index contributed by atoms with van der Waals surface area (Å²) in [6, 6.07) is 16.1. The van der Waals surface area contributed by atoms with Gasteiger partial charge in [0, 0.05) is 23.4 Å². The fraction of sp³-hybridized carbons (Fsp3) is 0.269. The number of ether oxygens (including phenoxy) is 4. The van der Waals surface area contributed by atoms with Gasteiger partial charge in [-0.15, -0.1) is 0 Å². The lowest BCUT2D eigenvalue weighted by molar-refractivity contribution is 0.00794. The van der Waals surface area contributed by atoms with Gasteiger partial charge >= 0.3 is 0 Å². The summed E-state index contributed by atoms with van der Waals surface area (Å²) < 4.78 is 38.0. The van der Waals surface area contributed by atoms with Crippen molar-refractivity contribution in [2.75, 3.05) is 26.1 Å². The van der Waals surface area contributed by atoms with Gasteiger partial charge < -0.3 is 34.8 Å². The Bertz CT molecular complexity index is 1390. The number of aliphatic hydroxyl groups is 1. The number of fused-ring (bicyclic) bond motifs is 2. The minimum atomic E-state index is -0.656. The molecule has 180 valence electrons. The van der Waals surface area contributed by atoms with E-state index < -0.39 is 18.0 Å². The highest BCUT2D eigenvalue weighted by Gasteiger charge is 2.48. The summed E-state index contributed by atoms with van der Waals surface area (Å²) in [6.45, 7) is 0.517. The van der Waals surface area contributed by atoms with E-state index in [-0.39, 0.29) is 24.5 Å². The molecule has 4 N–H and O–H groups in total. The number of hydrogen-bond acceptors (Lipinski definition) is 7. The first-order valence-corrected chi connectivity index (χ1v) is 11.3. The van der Waals surface area contributed by atoms with Crippen molar-refractivity contribution < 1.29 is 28.4 Å². The van der Waals surface area contributed by atoms with E-state index in [9.17, 15) is 5.11 Å². The SMILES string of the molecule is COc1cc(-c2ccc(N)cc2)ccc1-c1nc2cc(OC3CO[C@@H]4C(O)CO[C@H]34)[nH]c2cc1F. The van der Waals surface area contributed by atoms with Crippen LogP contribution in [-0.2, 0) is 9.47 Å². The molecule has 0 aliphatic carbocycles. The number of methoxy groups -OCH3 is 1. The van der Waals surface area contributed by atoms with Gasteiger partial charge in [0.05, 0.1) is 31.4 Å². The number of aromatic nitrogens is 2. The molecule has 2 aliphatic rings. The number of H-pyrrole nitrogens is 1. The third-order valence-electron chi connectivity index (χ3n) is 6.49. The summed E-state index contributed by atoms with van der Waals surface area (Å²) in [5.74, 6) is 0.438. The second-order valence-corrected chi connectivity index (χ2v) is 8.74. The van der Waals surface area contributed by atoms with E-state index in [1.807, 2.05) is 36.4 Å². The fourth-order valence-electron chi connectivity index (χ4n) is 4.71. The number of nitrogens with one attached hydrogen (secondary N) is 1. The van der Waals surface area contributed by atoms with Crippen molar-refractivity contribution in [3.05, 3.63) is 60.4 Å². The molecule has 4 aromatic rings. The average Bonchev–Trinajstić information content (AvgIpc) is 3.55. The van der Waals surface area contributed by atoms with Crippen molar-refractivity contribution in [2.24, 2.45) is 0 Å². The summed E-state index contributed by atoms with van der Waals surface area (Å²) in [5, 5.41) is 9.92. The Morgan fingerprint density at radius 3 is 2.60 bits per heavy atom. The van der Waals surface area contributed by atoms with Crippen LogP contribution in [0.1, 0.15) is 0 Å². The average molecular weight is 477 g/mol. The van der Waals surface area contributed by atoms with Crippen molar-refractivity contribution in [3.63, 3.8) is 0 Å². The largest absolute Gasteiger partial charge is 0.496 e. The second-order valence-electron chi connectivity index (χ2n) is 8.74. The Labute approximate surface area is 200 Å². The molecule has 0 radical (unpaired) electrons. The third-order valence-corrected chi connectivity index (χ3v) is 6.49. The van der Waals surface area contributed by atoms with E-state index in [4.69, 9.17) is 24.7 Å². The Kier molecular flexibility index (Phi) is 5.32. The van der Waals surface area contributed by atoms with Gasteiger partial charge in [0.2, 0.25) is 0 Å². The van der Waals surface area contributed by atoms with E-state index >= 15 is 4.39 Å². The molecular weight excluding hydrogens is 453 g/mol. The van der Waals surface area contributed by atoms with Crippen molar-refractivity contribution >= 4 is 16.7 Å². The Hall–Kier alpha value is -3.66. The number of halogens is 1. The number of benzene rings is 2. The van der Waals surface area contributed by atoms with Gasteiger partial charge in [0.1, 0.15) is 29.8 Å². The molecule has 0 spiro atoms. The first kappa shape index (κ1) is 21.8. The molecular formula is C26H24FN3O5. The van der Waals surface area contributed by atoms with Crippen LogP contribution in [0.2, 0.25) is 0 Å². The Balaban J connectivity index is 1.30. The smallest absolute Gasteiger partial charge is 0.193 e. The van der Waals surface area contributed by atoms with Crippen LogP contribution in [0.3, 0.4) is 0 Å². The molecule has 0 bridgehead atoms. The lowest BCUT2D eigenvalue weighted by Crippen LogP contribution is -2.34. The molecule has 2 aromatic carbocycles. The number of nitrogens with two attached hydrogens (primary N) is 1. The second kappa shape index (κ2) is 8.53. The van der Waals surface area contributed by atoms with Gasteiger partial charge in [-0.05, 0) is 35.4 Å². The standard InChI is InChI=1S/C26H24FN3O5/c1-32-21-8-14(13-2-5-15(28)6-3-13)4-7-16(21)24-17(27)9-18-19(30-24)10-23(29-18)35-22-12-34-25-20(31)11-33-26(22)25/h2-10,20,22,25-26,29,31H,11-12,28H2,1H3/t20?,22?,25-,26-/m1/s1. The number of rotatable bonds is 5. The highest BCUT2D eigenvalue weighted by Crippen LogP contribution is 2.37. The Morgan fingerprint density at radius 1 is 1.03 bits per heavy atom. The van der Waals surface area contributed by atoms with Crippen LogP contribution >= 0.6 is 0 Å². The van der Waals surface area contributed by atoms with E-state index in [1.165, 1.54) is 6.07 Å². The van der Waals surface area contributed by atoms with Crippen molar-refractivity contribution in [1.29, 1.82) is 0 Å². The molecule has 2 aromatic heterocycles. The van der Waals surface area contributed by atoms with Gasteiger partial charge in [0.25, 0.3) is 0 Å². The van der Waals surface area contributed by atoms with Crippen LogP contribution in [0, 0.1) is 5.82 Å². The molecule has 0 amide bonds. The number of aromatic amines is 1.